The van der Waals surface area contributed by atoms with Gasteiger partial charge in [0, 0.05) is 19.5 Å². The van der Waals surface area contributed by atoms with Gasteiger partial charge in [0.2, 0.25) is 5.95 Å². The zero-order chi connectivity index (χ0) is 13.0. The Bertz CT molecular complexity index is 375. The number of hydrogen-bond acceptors (Lipinski definition) is 4. The molecule has 2 rings (SSSR count). The number of H-pyrrole nitrogens is 1. The van der Waals surface area contributed by atoms with E-state index in [9.17, 15) is 0 Å². The molecule has 3 N–H and O–H groups in total. The van der Waals surface area contributed by atoms with Crippen LogP contribution in [0.3, 0.4) is 0 Å². The predicted octanol–water partition coefficient (Wildman–Crippen LogP) is 1.71. The van der Waals surface area contributed by atoms with Crippen molar-refractivity contribution >= 4 is 5.95 Å². The Morgan fingerprint density at radius 1 is 1.50 bits per heavy atom. The van der Waals surface area contributed by atoms with Crippen LogP contribution in [0.4, 0.5) is 5.95 Å². The van der Waals surface area contributed by atoms with Crippen molar-refractivity contribution in [2.75, 3.05) is 24.5 Å². The number of anilines is 1. The summed E-state index contributed by atoms with van der Waals surface area (Å²) >= 11 is 0. The second kappa shape index (κ2) is 5.69. The first-order valence-electron chi connectivity index (χ1n) is 7.03. The normalized spacial score (nSPS) is 24.5. The molecule has 0 bridgehead atoms. The highest BCUT2D eigenvalue weighted by Crippen LogP contribution is 2.29. The fraction of sp³-hybridized carbons (Fsp3) is 0.846. The molecule has 1 fully saturated rings. The number of aryl methyl sites for hydroxylation is 1. The Morgan fingerprint density at radius 3 is 3.06 bits per heavy atom. The van der Waals surface area contributed by atoms with Crippen LogP contribution in [-0.2, 0) is 6.42 Å². The Balaban J connectivity index is 2.00. The van der Waals surface area contributed by atoms with Crippen molar-refractivity contribution < 1.29 is 0 Å². The van der Waals surface area contributed by atoms with Crippen LogP contribution < -0.4 is 10.6 Å². The zero-order valence-corrected chi connectivity index (χ0v) is 11.6. The number of unbranched alkanes of at least 4 members (excludes halogenated alkanes) is 1. The maximum Gasteiger partial charge on any atom is 0.244 e. The van der Waals surface area contributed by atoms with Crippen molar-refractivity contribution in [2.24, 2.45) is 11.1 Å². The first kappa shape index (κ1) is 13.3. The molecule has 18 heavy (non-hydrogen) atoms. The molecule has 1 aliphatic rings. The van der Waals surface area contributed by atoms with Gasteiger partial charge in [-0.3, -0.25) is 5.10 Å². The maximum absolute atomic E-state index is 5.87. The summed E-state index contributed by atoms with van der Waals surface area (Å²) in [6.07, 6.45) is 5.71. The second-order valence-electron chi connectivity index (χ2n) is 5.73. The summed E-state index contributed by atoms with van der Waals surface area (Å²) in [6, 6.07) is 0. The molecule has 0 amide bonds. The Morgan fingerprint density at radius 2 is 2.33 bits per heavy atom. The molecule has 5 heteroatoms. The number of nitrogens with zero attached hydrogens (tertiary/aromatic N) is 3. The fourth-order valence-electron chi connectivity index (χ4n) is 2.54. The minimum Gasteiger partial charge on any atom is -0.339 e. The molecule has 0 spiro atoms. The third-order valence-corrected chi connectivity index (χ3v) is 3.84. The van der Waals surface area contributed by atoms with Crippen LogP contribution in [0.15, 0.2) is 0 Å². The van der Waals surface area contributed by atoms with Crippen molar-refractivity contribution in [1.82, 2.24) is 15.2 Å². The molecule has 1 aliphatic heterocycles. The van der Waals surface area contributed by atoms with Gasteiger partial charge in [-0.1, -0.05) is 20.3 Å². The van der Waals surface area contributed by atoms with Crippen molar-refractivity contribution in [2.45, 2.75) is 46.0 Å². The minimum atomic E-state index is 0.211. The lowest BCUT2D eigenvalue weighted by atomic mass is 9.82. The summed E-state index contributed by atoms with van der Waals surface area (Å²) in [5.41, 5.74) is 6.08. The first-order chi connectivity index (χ1) is 8.67. The predicted molar refractivity (Wildman–Crippen MR) is 73.6 cm³/mol. The van der Waals surface area contributed by atoms with Gasteiger partial charge >= 0.3 is 0 Å². The molecule has 2 heterocycles. The van der Waals surface area contributed by atoms with Gasteiger partial charge in [0.15, 0.2) is 0 Å². The summed E-state index contributed by atoms with van der Waals surface area (Å²) < 4.78 is 0. The van der Waals surface area contributed by atoms with E-state index in [0.717, 1.165) is 44.2 Å². The van der Waals surface area contributed by atoms with Gasteiger partial charge in [0.25, 0.3) is 0 Å². The van der Waals surface area contributed by atoms with E-state index in [0.29, 0.717) is 0 Å². The third-order valence-electron chi connectivity index (χ3n) is 3.84. The second-order valence-corrected chi connectivity index (χ2v) is 5.73. The van der Waals surface area contributed by atoms with E-state index in [1.807, 2.05) is 0 Å². The molecule has 0 saturated carbocycles. The number of piperidine rings is 1. The first-order valence-corrected chi connectivity index (χ1v) is 7.03. The van der Waals surface area contributed by atoms with Crippen molar-refractivity contribution in [3.63, 3.8) is 0 Å². The summed E-state index contributed by atoms with van der Waals surface area (Å²) in [5, 5.41) is 7.39. The van der Waals surface area contributed by atoms with Crippen LogP contribution in [0.5, 0.6) is 0 Å². The minimum absolute atomic E-state index is 0.211. The van der Waals surface area contributed by atoms with Gasteiger partial charge in [-0.25, -0.2) is 0 Å². The van der Waals surface area contributed by atoms with Crippen molar-refractivity contribution in [3.05, 3.63) is 5.82 Å². The number of aromatic nitrogens is 3. The van der Waals surface area contributed by atoms with E-state index in [-0.39, 0.29) is 5.41 Å². The molecule has 1 saturated heterocycles. The van der Waals surface area contributed by atoms with E-state index in [1.54, 1.807) is 0 Å². The zero-order valence-electron chi connectivity index (χ0n) is 11.6. The van der Waals surface area contributed by atoms with Gasteiger partial charge in [-0.2, -0.15) is 4.98 Å². The van der Waals surface area contributed by atoms with Crippen LogP contribution in [0.1, 0.15) is 45.4 Å². The van der Waals surface area contributed by atoms with Crippen LogP contribution in [0, 0.1) is 5.41 Å². The van der Waals surface area contributed by atoms with E-state index in [2.05, 4.69) is 33.9 Å². The summed E-state index contributed by atoms with van der Waals surface area (Å²) in [7, 11) is 0. The molecule has 1 aromatic heterocycles. The monoisotopic (exact) mass is 251 g/mol. The molecule has 1 atom stereocenters. The van der Waals surface area contributed by atoms with Crippen molar-refractivity contribution in [3.8, 4) is 0 Å². The molecule has 1 aromatic rings. The van der Waals surface area contributed by atoms with Gasteiger partial charge in [0.05, 0.1) is 0 Å². The fourth-order valence-corrected chi connectivity index (χ4v) is 2.54. The quantitative estimate of drug-likeness (QED) is 0.836. The highest BCUT2D eigenvalue weighted by Gasteiger charge is 2.31. The smallest absolute Gasteiger partial charge is 0.244 e. The maximum atomic E-state index is 5.87. The van der Waals surface area contributed by atoms with Crippen LogP contribution in [0.25, 0.3) is 0 Å². The molecule has 1 unspecified atom stereocenters. The molecule has 5 nitrogen and oxygen atoms in total. The van der Waals surface area contributed by atoms with Gasteiger partial charge in [-0.15, -0.1) is 5.10 Å². The molecule has 0 aromatic carbocycles. The van der Waals surface area contributed by atoms with Crippen LogP contribution in [0.2, 0.25) is 0 Å². The van der Waals surface area contributed by atoms with E-state index in [1.165, 1.54) is 19.3 Å². The van der Waals surface area contributed by atoms with E-state index >= 15 is 0 Å². The van der Waals surface area contributed by atoms with Gasteiger partial charge < -0.3 is 10.6 Å². The molecule has 0 aliphatic carbocycles. The summed E-state index contributed by atoms with van der Waals surface area (Å²) in [6.45, 7) is 7.18. The average Bonchev–Trinajstić information content (AvgIpc) is 2.85. The Hall–Kier alpha value is -1.10. The number of nitrogens with two attached hydrogens (primary N) is 1. The van der Waals surface area contributed by atoms with Crippen LogP contribution >= 0.6 is 0 Å². The van der Waals surface area contributed by atoms with E-state index < -0.39 is 0 Å². The number of aromatic amines is 1. The highest BCUT2D eigenvalue weighted by molar-refractivity contribution is 5.30. The summed E-state index contributed by atoms with van der Waals surface area (Å²) in [5.74, 6) is 1.85. The highest BCUT2D eigenvalue weighted by atomic mass is 15.4. The molecular weight excluding hydrogens is 226 g/mol. The Labute approximate surface area is 109 Å². The standard InChI is InChI=1S/C13H25N5/c1-3-4-6-11-15-12(17-16-11)18-8-5-7-13(2,9-14)10-18/h3-10,14H2,1-2H3,(H,15,16,17). The SMILES string of the molecule is CCCCc1nc(N2CCCC(C)(CN)C2)n[nH]1. The lowest BCUT2D eigenvalue weighted by molar-refractivity contribution is 0.270. The molecule has 0 radical (unpaired) electrons. The topological polar surface area (TPSA) is 70.8 Å². The third kappa shape index (κ3) is 3.02. The van der Waals surface area contributed by atoms with Crippen LogP contribution in [-0.4, -0.2) is 34.8 Å². The number of nitrogens with one attached hydrogen (secondary N) is 1. The van der Waals surface area contributed by atoms with Crippen molar-refractivity contribution in [1.29, 1.82) is 0 Å². The lowest BCUT2D eigenvalue weighted by Crippen LogP contribution is -2.46. The number of rotatable bonds is 5. The average molecular weight is 251 g/mol. The summed E-state index contributed by atoms with van der Waals surface area (Å²) in [4.78, 5) is 6.86. The number of hydrogen-bond donors (Lipinski definition) is 2. The van der Waals surface area contributed by atoms with E-state index in [4.69, 9.17) is 5.73 Å². The Kier molecular flexibility index (Phi) is 4.22. The molecular formula is C13H25N5. The van der Waals surface area contributed by atoms with Gasteiger partial charge in [0.1, 0.15) is 5.82 Å². The van der Waals surface area contributed by atoms with Gasteiger partial charge in [-0.05, 0) is 31.2 Å². The molecule has 102 valence electrons. The largest absolute Gasteiger partial charge is 0.339 e. The lowest BCUT2D eigenvalue weighted by Gasteiger charge is -2.39.